The minimum Gasteiger partial charge on any atom is -0.392 e. The summed E-state index contributed by atoms with van der Waals surface area (Å²) >= 11 is 2.97. The Labute approximate surface area is 122 Å². The van der Waals surface area contributed by atoms with Crippen LogP contribution in [0.1, 0.15) is 19.7 Å². The molecule has 0 aliphatic heterocycles. The average Bonchev–Trinajstić information content (AvgIpc) is 2.84. The molecule has 1 heterocycles. The predicted molar refractivity (Wildman–Crippen MR) is 71.9 cm³/mol. The standard InChI is InChI=1S/C13H13BrF2N2O2/c1-6(2)9(19)5-10-17-13(18-20-10)7-3-4-8(15)12(16)11(7)14/h3-4,6,9,19H,5H2,1-2H3. The summed E-state index contributed by atoms with van der Waals surface area (Å²) in [5, 5.41) is 13.5. The average molecular weight is 347 g/mol. The molecular formula is C13H13BrF2N2O2. The normalized spacial score (nSPS) is 12.9. The molecule has 1 atom stereocenters. The van der Waals surface area contributed by atoms with Crippen LogP contribution in [0.5, 0.6) is 0 Å². The van der Waals surface area contributed by atoms with Gasteiger partial charge in [-0.05, 0) is 34.0 Å². The fourth-order valence-corrected chi connectivity index (χ4v) is 2.06. The Morgan fingerprint density at radius 1 is 1.35 bits per heavy atom. The summed E-state index contributed by atoms with van der Waals surface area (Å²) in [5.74, 6) is -1.52. The molecule has 0 saturated carbocycles. The Morgan fingerprint density at radius 3 is 2.70 bits per heavy atom. The molecule has 1 aromatic heterocycles. The van der Waals surface area contributed by atoms with Crippen molar-refractivity contribution < 1.29 is 18.4 Å². The molecule has 4 nitrogen and oxygen atoms in total. The van der Waals surface area contributed by atoms with Crippen LogP contribution in [0.25, 0.3) is 11.4 Å². The SMILES string of the molecule is CC(C)C(O)Cc1nc(-c2ccc(F)c(F)c2Br)no1. The van der Waals surface area contributed by atoms with Crippen molar-refractivity contribution in [1.29, 1.82) is 0 Å². The second-order valence-electron chi connectivity index (χ2n) is 4.75. The first-order valence-electron chi connectivity index (χ1n) is 6.04. The molecule has 20 heavy (non-hydrogen) atoms. The van der Waals surface area contributed by atoms with Crippen LogP contribution >= 0.6 is 15.9 Å². The highest BCUT2D eigenvalue weighted by Gasteiger charge is 2.19. The van der Waals surface area contributed by atoms with Gasteiger partial charge in [-0.3, -0.25) is 0 Å². The van der Waals surface area contributed by atoms with Crippen LogP contribution in [0.3, 0.4) is 0 Å². The van der Waals surface area contributed by atoms with Crippen LogP contribution < -0.4 is 0 Å². The van der Waals surface area contributed by atoms with Gasteiger partial charge in [0.1, 0.15) is 0 Å². The first-order chi connectivity index (χ1) is 9.40. The molecule has 0 amide bonds. The summed E-state index contributed by atoms with van der Waals surface area (Å²) < 4.78 is 31.4. The van der Waals surface area contributed by atoms with E-state index < -0.39 is 17.7 Å². The van der Waals surface area contributed by atoms with Gasteiger partial charge in [-0.25, -0.2) is 8.78 Å². The number of hydrogen-bond acceptors (Lipinski definition) is 4. The number of aromatic nitrogens is 2. The van der Waals surface area contributed by atoms with Crippen LogP contribution in [-0.4, -0.2) is 21.4 Å². The first-order valence-corrected chi connectivity index (χ1v) is 6.84. The predicted octanol–water partition coefficient (Wildman–Crippen LogP) is 3.34. The van der Waals surface area contributed by atoms with Crippen LogP contribution in [0.2, 0.25) is 0 Å². The van der Waals surface area contributed by atoms with Gasteiger partial charge in [0.05, 0.1) is 17.0 Å². The Morgan fingerprint density at radius 2 is 2.05 bits per heavy atom. The van der Waals surface area contributed by atoms with Crippen molar-refractivity contribution in [1.82, 2.24) is 10.1 Å². The Balaban J connectivity index is 2.27. The molecule has 2 rings (SSSR count). The van der Waals surface area contributed by atoms with E-state index in [9.17, 15) is 13.9 Å². The fourth-order valence-electron chi connectivity index (χ4n) is 1.56. The molecule has 0 aliphatic rings. The van der Waals surface area contributed by atoms with Crippen molar-refractivity contribution in [2.45, 2.75) is 26.4 Å². The minimum atomic E-state index is -1.00. The summed E-state index contributed by atoms with van der Waals surface area (Å²) in [5.41, 5.74) is 0.290. The van der Waals surface area contributed by atoms with Gasteiger partial charge >= 0.3 is 0 Å². The molecule has 1 unspecified atom stereocenters. The summed E-state index contributed by atoms with van der Waals surface area (Å²) in [4.78, 5) is 4.08. The lowest BCUT2D eigenvalue weighted by Gasteiger charge is -2.10. The third-order valence-electron chi connectivity index (χ3n) is 2.90. The number of rotatable bonds is 4. The van der Waals surface area contributed by atoms with Crippen LogP contribution in [0.4, 0.5) is 8.78 Å². The van der Waals surface area contributed by atoms with E-state index in [-0.39, 0.29) is 34.1 Å². The number of aliphatic hydroxyl groups is 1. The molecule has 0 spiro atoms. The zero-order chi connectivity index (χ0) is 14.9. The van der Waals surface area contributed by atoms with Crippen molar-refractivity contribution in [2.24, 2.45) is 5.92 Å². The van der Waals surface area contributed by atoms with Gasteiger partial charge in [-0.2, -0.15) is 4.98 Å². The Kier molecular flexibility index (Phi) is 4.49. The fraction of sp³-hybridized carbons (Fsp3) is 0.385. The number of halogens is 3. The van der Waals surface area contributed by atoms with Gasteiger partial charge in [-0.1, -0.05) is 19.0 Å². The third kappa shape index (κ3) is 3.04. The van der Waals surface area contributed by atoms with Crippen LogP contribution in [-0.2, 0) is 6.42 Å². The molecule has 1 aromatic carbocycles. The van der Waals surface area contributed by atoms with Crippen molar-refractivity contribution in [3.05, 3.63) is 34.1 Å². The van der Waals surface area contributed by atoms with Gasteiger partial charge in [0, 0.05) is 5.56 Å². The summed E-state index contributed by atoms with van der Waals surface area (Å²) in [6.45, 7) is 3.74. The third-order valence-corrected chi connectivity index (χ3v) is 3.67. The quantitative estimate of drug-likeness (QED) is 0.862. The lowest BCUT2D eigenvalue weighted by molar-refractivity contribution is 0.116. The van der Waals surface area contributed by atoms with E-state index in [1.807, 2.05) is 13.8 Å². The molecule has 0 aliphatic carbocycles. The van der Waals surface area contributed by atoms with Crippen molar-refractivity contribution in [2.75, 3.05) is 0 Å². The monoisotopic (exact) mass is 346 g/mol. The van der Waals surface area contributed by atoms with Gasteiger partial charge in [-0.15, -0.1) is 0 Å². The highest BCUT2D eigenvalue weighted by Crippen LogP contribution is 2.30. The molecule has 108 valence electrons. The zero-order valence-corrected chi connectivity index (χ0v) is 12.5. The van der Waals surface area contributed by atoms with Gasteiger partial charge in [0.15, 0.2) is 11.6 Å². The highest BCUT2D eigenvalue weighted by molar-refractivity contribution is 9.10. The maximum Gasteiger partial charge on any atom is 0.229 e. The second kappa shape index (κ2) is 5.97. The molecule has 7 heteroatoms. The largest absolute Gasteiger partial charge is 0.392 e. The topological polar surface area (TPSA) is 59.2 Å². The van der Waals surface area contributed by atoms with Gasteiger partial charge < -0.3 is 9.63 Å². The van der Waals surface area contributed by atoms with Gasteiger partial charge in [0.2, 0.25) is 11.7 Å². The smallest absolute Gasteiger partial charge is 0.229 e. The van der Waals surface area contributed by atoms with Crippen molar-refractivity contribution in [3.63, 3.8) is 0 Å². The minimum absolute atomic E-state index is 0.0559. The van der Waals surface area contributed by atoms with E-state index in [0.717, 1.165) is 6.07 Å². The van der Waals surface area contributed by atoms with Gasteiger partial charge in [0.25, 0.3) is 0 Å². The lowest BCUT2D eigenvalue weighted by Crippen LogP contribution is -2.17. The number of aliphatic hydroxyl groups excluding tert-OH is 1. The van der Waals surface area contributed by atoms with Crippen LogP contribution in [0, 0.1) is 17.6 Å². The van der Waals surface area contributed by atoms with E-state index in [4.69, 9.17) is 4.52 Å². The molecule has 0 saturated heterocycles. The first kappa shape index (κ1) is 15.1. The molecule has 0 fully saturated rings. The number of hydrogen-bond donors (Lipinski definition) is 1. The van der Waals surface area contributed by atoms with E-state index >= 15 is 0 Å². The number of nitrogens with zero attached hydrogens (tertiary/aromatic N) is 2. The molecule has 0 bridgehead atoms. The maximum atomic E-state index is 13.5. The van der Waals surface area contributed by atoms with E-state index in [1.54, 1.807) is 0 Å². The van der Waals surface area contributed by atoms with Crippen LogP contribution in [0.15, 0.2) is 21.1 Å². The lowest BCUT2D eigenvalue weighted by atomic mass is 10.0. The van der Waals surface area contributed by atoms with Crippen molar-refractivity contribution in [3.8, 4) is 11.4 Å². The molecular weight excluding hydrogens is 334 g/mol. The second-order valence-corrected chi connectivity index (χ2v) is 5.54. The molecule has 1 N–H and O–H groups in total. The summed E-state index contributed by atoms with van der Waals surface area (Å²) in [7, 11) is 0. The summed E-state index contributed by atoms with van der Waals surface area (Å²) in [6.07, 6.45) is -0.386. The summed E-state index contributed by atoms with van der Waals surface area (Å²) in [6, 6.07) is 2.35. The van der Waals surface area contributed by atoms with E-state index in [2.05, 4.69) is 26.1 Å². The molecule has 2 aromatic rings. The zero-order valence-electron chi connectivity index (χ0n) is 10.9. The highest BCUT2D eigenvalue weighted by atomic mass is 79.9. The number of benzene rings is 1. The van der Waals surface area contributed by atoms with E-state index in [0.29, 0.717) is 0 Å². The molecule has 0 radical (unpaired) electrons. The van der Waals surface area contributed by atoms with Crippen molar-refractivity contribution >= 4 is 15.9 Å². The Hall–Kier alpha value is -1.34. The van der Waals surface area contributed by atoms with E-state index in [1.165, 1.54) is 6.07 Å². The Bertz CT molecular complexity index is 616. The maximum absolute atomic E-state index is 13.5.